The van der Waals surface area contributed by atoms with Crippen LogP contribution in [-0.4, -0.2) is 8.97 Å². The van der Waals surface area contributed by atoms with Crippen molar-refractivity contribution in [2.45, 2.75) is 6.54 Å². The minimum absolute atomic E-state index is 0.154. The summed E-state index contributed by atoms with van der Waals surface area (Å²) in [4.78, 5) is 14.3. The normalized spacial score (nSPS) is 11.5. The van der Waals surface area contributed by atoms with E-state index in [-0.39, 0.29) is 17.9 Å². The van der Waals surface area contributed by atoms with Crippen LogP contribution >= 0.6 is 46.8 Å². The Hall–Kier alpha value is -2.51. The maximum atomic E-state index is 13.5. The molecule has 5 aromatic rings. The molecule has 3 aromatic carbocycles. The molecule has 0 bridgehead atoms. The molecule has 0 aliphatic rings. The smallest absolute Gasteiger partial charge is 0.261 e. The van der Waals surface area contributed by atoms with Crippen LogP contribution in [0, 0.1) is 9.77 Å². The second-order valence-electron chi connectivity index (χ2n) is 7.02. The molecule has 0 spiro atoms. The third-order valence-corrected chi connectivity index (χ3v) is 7.04. The third kappa shape index (κ3) is 3.49. The lowest BCUT2D eigenvalue weighted by Crippen LogP contribution is -2.23. The minimum atomic E-state index is -0.328. The summed E-state index contributed by atoms with van der Waals surface area (Å²) in [5.74, 6) is -0.328. The van der Waals surface area contributed by atoms with E-state index in [0.29, 0.717) is 25.0 Å². The number of thiazole rings is 1. The van der Waals surface area contributed by atoms with Crippen LogP contribution in [0.5, 0.6) is 0 Å². The zero-order chi connectivity index (χ0) is 21.7. The lowest BCUT2D eigenvalue weighted by molar-refractivity contribution is 0.626. The molecule has 5 rings (SSSR count). The SMILES string of the molecule is O=c1c2ccccc2n2c(=S)sc(-c3ccc(Cl)cc3Cl)c2n1Cc1ccc(F)cc1. The molecule has 0 atom stereocenters. The van der Waals surface area contributed by atoms with Gasteiger partial charge in [0.25, 0.3) is 5.56 Å². The summed E-state index contributed by atoms with van der Waals surface area (Å²) >= 11 is 19.7. The summed E-state index contributed by atoms with van der Waals surface area (Å²) in [5.41, 5.74) is 2.76. The highest BCUT2D eigenvalue weighted by Gasteiger charge is 2.20. The van der Waals surface area contributed by atoms with Crippen LogP contribution in [0.2, 0.25) is 10.0 Å². The number of para-hydroxylation sites is 1. The van der Waals surface area contributed by atoms with Gasteiger partial charge in [0, 0.05) is 10.6 Å². The molecule has 0 amide bonds. The van der Waals surface area contributed by atoms with E-state index in [1.807, 2.05) is 28.7 Å². The van der Waals surface area contributed by atoms with Crippen molar-refractivity contribution < 1.29 is 4.39 Å². The van der Waals surface area contributed by atoms with Crippen LogP contribution in [0.3, 0.4) is 0 Å². The van der Waals surface area contributed by atoms with Crippen LogP contribution in [0.15, 0.2) is 71.5 Å². The molecule has 3 nitrogen and oxygen atoms in total. The first-order valence-electron chi connectivity index (χ1n) is 9.31. The third-order valence-electron chi connectivity index (χ3n) is 5.09. The van der Waals surface area contributed by atoms with Crippen molar-refractivity contribution in [2.24, 2.45) is 0 Å². The number of benzene rings is 3. The standard InChI is InChI=1S/C23H13Cl2FN2OS2/c24-14-7-10-16(18(25)11-14)20-21-27(12-13-5-8-15(26)9-6-13)22(29)17-3-1-2-4-19(17)28(21)23(30)31-20/h1-11H,12H2. The Kier molecular flexibility index (Phi) is 5.18. The van der Waals surface area contributed by atoms with Crippen LogP contribution in [0.1, 0.15) is 5.56 Å². The molecular weight excluding hydrogens is 474 g/mol. The van der Waals surface area contributed by atoms with E-state index in [9.17, 15) is 9.18 Å². The lowest BCUT2D eigenvalue weighted by Gasteiger charge is -2.14. The van der Waals surface area contributed by atoms with Crippen molar-refractivity contribution in [1.82, 2.24) is 8.97 Å². The Morgan fingerprint density at radius 1 is 1.00 bits per heavy atom. The molecule has 0 fully saturated rings. The van der Waals surface area contributed by atoms with E-state index in [2.05, 4.69) is 0 Å². The zero-order valence-corrected chi connectivity index (χ0v) is 19.0. The Balaban J connectivity index is 1.91. The summed E-state index contributed by atoms with van der Waals surface area (Å²) in [6, 6.07) is 18.7. The van der Waals surface area contributed by atoms with E-state index in [0.717, 1.165) is 21.5 Å². The molecule has 0 saturated carbocycles. The Morgan fingerprint density at radius 3 is 2.48 bits per heavy atom. The van der Waals surface area contributed by atoms with Crippen LogP contribution < -0.4 is 5.56 Å². The molecule has 0 unspecified atom stereocenters. The predicted octanol–water partition coefficient (Wildman–Crippen LogP) is 7.21. The Morgan fingerprint density at radius 2 is 1.74 bits per heavy atom. The molecule has 0 aliphatic carbocycles. The van der Waals surface area contributed by atoms with Crippen LogP contribution in [0.4, 0.5) is 4.39 Å². The number of aromatic nitrogens is 2. The van der Waals surface area contributed by atoms with Gasteiger partial charge in [0.1, 0.15) is 11.5 Å². The van der Waals surface area contributed by atoms with E-state index in [1.165, 1.54) is 23.5 Å². The second-order valence-corrected chi connectivity index (χ2v) is 9.50. The number of rotatable bonds is 3. The highest BCUT2D eigenvalue weighted by Crippen LogP contribution is 2.38. The minimum Gasteiger partial charge on any atom is -0.288 e. The number of halogens is 3. The van der Waals surface area contributed by atoms with Gasteiger partial charge in [-0.2, -0.15) is 0 Å². The van der Waals surface area contributed by atoms with Gasteiger partial charge in [0.15, 0.2) is 3.95 Å². The first kappa shape index (κ1) is 20.4. The largest absolute Gasteiger partial charge is 0.288 e. The van der Waals surface area contributed by atoms with Crippen LogP contribution in [-0.2, 0) is 6.54 Å². The van der Waals surface area contributed by atoms with Gasteiger partial charge < -0.3 is 0 Å². The first-order chi connectivity index (χ1) is 14.9. The summed E-state index contributed by atoms with van der Waals surface area (Å²) in [6.45, 7) is 0.261. The maximum absolute atomic E-state index is 13.5. The lowest BCUT2D eigenvalue weighted by atomic mass is 10.1. The zero-order valence-electron chi connectivity index (χ0n) is 15.8. The topological polar surface area (TPSA) is 26.4 Å². The van der Waals surface area contributed by atoms with Crippen molar-refractivity contribution in [3.63, 3.8) is 0 Å². The summed E-state index contributed by atoms with van der Waals surface area (Å²) < 4.78 is 17.6. The second kappa shape index (κ2) is 7.88. The van der Waals surface area contributed by atoms with Gasteiger partial charge in [-0.15, -0.1) is 11.3 Å². The van der Waals surface area contributed by atoms with Gasteiger partial charge in [0.05, 0.1) is 27.3 Å². The number of nitrogens with zero attached hydrogens (tertiary/aromatic N) is 2. The fourth-order valence-corrected chi connectivity index (χ4v) is 5.71. The van der Waals surface area contributed by atoms with Crippen molar-refractivity contribution in [1.29, 1.82) is 0 Å². The monoisotopic (exact) mass is 486 g/mol. The molecule has 2 heterocycles. The Labute approximate surface area is 195 Å². The molecule has 0 radical (unpaired) electrons. The van der Waals surface area contributed by atoms with Crippen LogP contribution in [0.25, 0.3) is 27.0 Å². The molecular formula is C23H13Cl2FN2OS2. The van der Waals surface area contributed by atoms with E-state index in [4.69, 9.17) is 35.4 Å². The average Bonchev–Trinajstić information content (AvgIpc) is 3.09. The van der Waals surface area contributed by atoms with Crippen molar-refractivity contribution in [2.75, 3.05) is 0 Å². The fourth-order valence-electron chi connectivity index (χ4n) is 3.68. The maximum Gasteiger partial charge on any atom is 0.261 e. The summed E-state index contributed by atoms with van der Waals surface area (Å²) in [7, 11) is 0. The van der Waals surface area contributed by atoms with Crippen molar-refractivity contribution in [3.05, 3.63) is 102 Å². The summed E-state index contributed by atoms with van der Waals surface area (Å²) in [5, 5.41) is 1.55. The van der Waals surface area contributed by atoms with Crippen molar-refractivity contribution >= 4 is 63.3 Å². The predicted molar refractivity (Wildman–Crippen MR) is 129 cm³/mol. The van der Waals surface area contributed by atoms with E-state index in [1.54, 1.807) is 34.9 Å². The molecule has 0 N–H and O–H groups in total. The summed E-state index contributed by atoms with van der Waals surface area (Å²) in [6.07, 6.45) is 0. The van der Waals surface area contributed by atoms with Gasteiger partial charge in [-0.25, -0.2) is 4.39 Å². The highest BCUT2D eigenvalue weighted by atomic mass is 35.5. The molecule has 154 valence electrons. The van der Waals surface area contributed by atoms with Crippen molar-refractivity contribution in [3.8, 4) is 10.4 Å². The van der Waals surface area contributed by atoms with Gasteiger partial charge in [-0.1, -0.05) is 53.5 Å². The quantitative estimate of drug-likeness (QED) is 0.252. The number of hydrogen-bond acceptors (Lipinski definition) is 3. The average molecular weight is 487 g/mol. The molecule has 0 aliphatic heterocycles. The van der Waals surface area contributed by atoms with E-state index >= 15 is 0 Å². The van der Waals surface area contributed by atoms with E-state index < -0.39 is 0 Å². The van der Waals surface area contributed by atoms with Gasteiger partial charge >= 0.3 is 0 Å². The number of hydrogen-bond donors (Lipinski definition) is 0. The molecule has 2 aromatic heterocycles. The fraction of sp³-hybridized carbons (Fsp3) is 0.0435. The molecule has 8 heteroatoms. The van der Waals surface area contributed by atoms with Gasteiger partial charge in [-0.3, -0.25) is 13.8 Å². The first-order valence-corrected chi connectivity index (χ1v) is 11.3. The highest BCUT2D eigenvalue weighted by molar-refractivity contribution is 7.73. The molecule has 31 heavy (non-hydrogen) atoms. The number of fused-ring (bicyclic) bond motifs is 3. The molecule has 0 saturated heterocycles. The van der Waals surface area contributed by atoms with Gasteiger partial charge in [0.2, 0.25) is 0 Å². The Bertz CT molecular complexity index is 1590. The van der Waals surface area contributed by atoms with Gasteiger partial charge in [-0.05, 0) is 54.2 Å².